The Morgan fingerprint density at radius 1 is 0.778 bits per heavy atom. The van der Waals surface area contributed by atoms with Gasteiger partial charge in [0.1, 0.15) is 0 Å². The fourth-order valence-electron chi connectivity index (χ4n) is 0. The molecular weight excluding hydrogens is 300 g/mol. The Balaban J connectivity index is -0.00000000121. The number of hydrogen-bond acceptors (Lipinski definition) is 4. The predicted molar refractivity (Wildman–Crippen MR) is 46.5 cm³/mol. The maximum Gasteiger partial charge on any atom is 2.00 e. The van der Waals surface area contributed by atoms with E-state index in [1.54, 1.807) is 0 Å². The summed E-state index contributed by atoms with van der Waals surface area (Å²) in [7, 11) is -4.61. The third-order valence-electron chi connectivity index (χ3n) is 0. The molecule has 0 amide bonds. The molecule has 48 valence electrons. The summed E-state index contributed by atoms with van der Waals surface area (Å²) in [4.78, 5) is 29.3. The molecular formula is H12Ca3O4SiSr. The average Bonchev–Trinajstić information content (AvgIpc) is 0.722. The van der Waals surface area contributed by atoms with Crippen LogP contribution in [-0.2, 0) is 0 Å². The summed E-state index contributed by atoms with van der Waals surface area (Å²) in [6.07, 6.45) is 0. The van der Waals surface area contributed by atoms with Crippen molar-refractivity contribution in [2.45, 2.75) is 0 Å². The standard InChI is InChI=1S/3Ca.H4O4Si.Sr.8H/c;;;1-5(2,3)4;;;;;;;;;/h;;;1-4H;;;;;;;;;/q3*+2;;+2;8*-1. The molecule has 0 aromatic carbocycles. The zero-order valence-corrected chi connectivity index (χ0v) is 16.2. The van der Waals surface area contributed by atoms with E-state index in [4.69, 9.17) is 19.2 Å². The quantitative estimate of drug-likeness (QED) is 0.355. The second-order valence-corrected chi connectivity index (χ2v) is 1.80. The third kappa shape index (κ3) is 60.3. The van der Waals surface area contributed by atoms with Crippen molar-refractivity contribution < 1.29 is 30.6 Å². The SMILES string of the molecule is O[Si](O)(O)O.[Ca+2].[Ca+2].[Ca+2].[H-].[H-].[H-].[H-].[H-].[H-].[H-].[H-].[Sr+2]. The molecule has 0 aliphatic carbocycles. The van der Waals surface area contributed by atoms with Gasteiger partial charge in [-0.1, -0.05) is 0 Å². The molecule has 0 fully saturated rings. The van der Waals surface area contributed by atoms with Crippen molar-refractivity contribution in [3.63, 3.8) is 0 Å². The van der Waals surface area contributed by atoms with E-state index in [0.29, 0.717) is 0 Å². The molecule has 0 bridgehead atoms. The summed E-state index contributed by atoms with van der Waals surface area (Å²) in [6.45, 7) is 0. The van der Waals surface area contributed by atoms with E-state index in [-0.39, 0.29) is 170 Å². The summed E-state index contributed by atoms with van der Waals surface area (Å²) < 4.78 is 0. The Morgan fingerprint density at radius 3 is 0.778 bits per heavy atom. The summed E-state index contributed by atoms with van der Waals surface area (Å²) in [5.74, 6) is 0. The van der Waals surface area contributed by atoms with Crippen molar-refractivity contribution in [2.75, 3.05) is 0 Å². The minimum atomic E-state index is -4.61. The predicted octanol–water partition coefficient (Wildman–Crippen LogP) is -3.23. The largest absolute Gasteiger partial charge is 2.00 e. The van der Waals surface area contributed by atoms with E-state index in [1.807, 2.05) is 0 Å². The molecule has 0 saturated heterocycles. The topological polar surface area (TPSA) is 80.9 Å². The first-order valence-electron chi connectivity index (χ1n) is 0.894. The molecule has 0 aromatic heterocycles. The Morgan fingerprint density at radius 2 is 0.778 bits per heavy atom. The van der Waals surface area contributed by atoms with Crippen LogP contribution in [0.3, 0.4) is 0 Å². The van der Waals surface area contributed by atoms with Crippen molar-refractivity contribution in [1.29, 1.82) is 0 Å². The Kier molecular flexibility index (Phi) is 51.3. The van der Waals surface area contributed by atoms with Gasteiger partial charge in [-0.05, 0) is 0 Å². The van der Waals surface area contributed by atoms with Crippen LogP contribution in [0.5, 0.6) is 0 Å². The fourth-order valence-corrected chi connectivity index (χ4v) is 0. The minimum Gasteiger partial charge on any atom is -1.00 e. The van der Waals surface area contributed by atoms with Crippen LogP contribution in [0.25, 0.3) is 0 Å². The van der Waals surface area contributed by atoms with E-state index >= 15 is 0 Å². The zero-order chi connectivity index (χ0) is 4.50. The van der Waals surface area contributed by atoms with E-state index < -0.39 is 9.05 Å². The molecule has 9 heteroatoms. The first-order valence-corrected chi connectivity index (χ1v) is 2.68. The summed E-state index contributed by atoms with van der Waals surface area (Å²) in [6, 6.07) is 0. The average molecular weight is 312 g/mol. The third-order valence-corrected chi connectivity index (χ3v) is 0. The Hall–Kier alpha value is 5.32. The van der Waals surface area contributed by atoms with Crippen molar-refractivity contribution in [3.8, 4) is 0 Å². The van der Waals surface area contributed by atoms with Gasteiger partial charge in [-0.2, -0.15) is 0 Å². The second-order valence-electron chi connectivity index (χ2n) is 0.600. The monoisotopic (exact) mass is 312 g/mol. The van der Waals surface area contributed by atoms with Crippen LogP contribution in [0.2, 0.25) is 0 Å². The molecule has 0 saturated carbocycles. The van der Waals surface area contributed by atoms with Gasteiger partial charge in [0.2, 0.25) is 0 Å². The van der Waals surface area contributed by atoms with Crippen molar-refractivity contribution >= 4 is 168 Å². The van der Waals surface area contributed by atoms with Gasteiger partial charge in [0.15, 0.2) is 0 Å². The molecule has 4 N–H and O–H groups in total. The van der Waals surface area contributed by atoms with E-state index in [9.17, 15) is 0 Å². The summed E-state index contributed by atoms with van der Waals surface area (Å²) in [5.41, 5.74) is 0. The molecule has 0 heterocycles. The zero-order valence-electron chi connectivity index (χ0n) is 13.1. The molecule has 0 spiro atoms. The van der Waals surface area contributed by atoms with E-state index in [0.717, 1.165) is 0 Å². The van der Waals surface area contributed by atoms with Crippen LogP contribution < -0.4 is 0 Å². The van der Waals surface area contributed by atoms with Crippen LogP contribution in [0.1, 0.15) is 11.4 Å². The van der Waals surface area contributed by atoms with Crippen molar-refractivity contribution in [2.24, 2.45) is 0 Å². The van der Waals surface area contributed by atoms with Gasteiger partial charge in [-0.25, -0.2) is 0 Å². The first kappa shape index (κ1) is 29.2. The molecule has 4 nitrogen and oxygen atoms in total. The van der Waals surface area contributed by atoms with E-state index in [2.05, 4.69) is 0 Å². The van der Waals surface area contributed by atoms with Gasteiger partial charge in [-0.3, -0.25) is 0 Å². The summed E-state index contributed by atoms with van der Waals surface area (Å²) >= 11 is 0. The van der Waals surface area contributed by atoms with Gasteiger partial charge in [0.25, 0.3) is 0 Å². The van der Waals surface area contributed by atoms with Gasteiger partial charge in [0.05, 0.1) is 0 Å². The number of hydrogen-bond donors (Lipinski definition) is 4. The van der Waals surface area contributed by atoms with Crippen molar-refractivity contribution in [3.05, 3.63) is 0 Å². The fraction of sp³-hybridized carbons (Fsp3) is 0. The number of rotatable bonds is 0. The second kappa shape index (κ2) is 15.8. The Labute approximate surface area is 193 Å². The van der Waals surface area contributed by atoms with Crippen LogP contribution in [-0.4, -0.2) is 187 Å². The molecule has 0 atom stereocenters. The molecule has 0 aliphatic rings. The normalized spacial score (nSPS) is 6.67. The van der Waals surface area contributed by atoms with Gasteiger partial charge in [-0.15, -0.1) is 0 Å². The van der Waals surface area contributed by atoms with Crippen LogP contribution in [0.15, 0.2) is 0 Å². The van der Waals surface area contributed by atoms with Gasteiger partial charge in [0, 0.05) is 0 Å². The maximum absolute atomic E-state index is 7.33. The van der Waals surface area contributed by atoms with Crippen molar-refractivity contribution in [1.82, 2.24) is 0 Å². The smallest absolute Gasteiger partial charge is 1.00 e. The van der Waals surface area contributed by atoms with Gasteiger partial charge < -0.3 is 30.6 Å². The molecule has 0 rings (SSSR count). The van der Waals surface area contributed by atoms with Crippen LogP contribution in [0, 0.1) is 0 Å². The Bertz CT molecular complexity index is 48.2. The first-order chi connectivity index (χ1) is 2.00. The minimum absolute atomic E-state index is 0. The van der Waals surface area contributed by atoms with E-state index in [1.165, 1.54) is 0 Å². The summed E-state index contributed by atoms with van der Waals surface area (Å²) in [5, 5.41) is 0. The van der Waals surface area contributed by atoms with Crippen LogP contribution in [0.4, 0.5) is 0 Å². The molecule has 0 aliphatic heterocycles. The molecule has 0 aromatic rings. The molecule has 0 radical (unpaired) electrons. The molecule has 9 heavy (non-hydrogen) atoms. The molecule has 0 unspecified atom stereocenters. The maximum atomic E-state index is 7.33. The van der Waals surface area contributed by atoms with Gasteiger partial charge >= 0.3 is 168 Å². The van der Waals surface area contributed by atoms with Crippen LogP contribution >= 0.6 is 0 Å².